The third-order valence-corrected chi connectivity index (χ3v) is 3.21. The Kier molecular flexibility index (Phi) is 3.85. The summed E-state index contributed by atoms with van der Waals surface area (Å²) in [5, 5.41) is 4.39. The number of aryl methyl sites for hydroxylation is 2. The van der Waals surface area contributed by atoms with E-state index < -0.39 is 0 Å². The molecule has 0 saturated carbocycles. The minimum Gasteiger partial charge on any atom is -0.355 e. The molecule has 5 heteroatoms. The van der Waals surface area contributed by atoms with Crippen LogP contribution in [0.1, 0.15) is 16.8 Å². The van der Waals surface area contributed by atoms with Gasteiger partial charge in [0.1, 0.15) is 11.6 Å². The fourth-order valence-corrected chi connectivity index (χ4v) is 2.34. The Balaban J connectivity index is 2.24. The number of rotatable bonds is 4. The Morgan fingerprint density at radius 3 is 2.53 bits per heavy atom. The second-order valence-electron chi connectivity index (χ2n) is 4.70. The zero-order valence-electron chi connectivity index (χ0n) is 11.5. The first kappa shape index (κ1) is 13.5. The van der Waals surface area contributed by atoms with Gasteiger partial charge in [-0.3, -0.25) is 4.68 Å². The van der Waals surface area contributed by atoms with Gasteiger partial charge in [-0.2, -0.15) is 5.10 Å². The Labute approximate surface area is 112 Å². The number of nitrogens with two attached hydrogens (primary N) is 1. The Morgan fingerprint density at radius 1 is 1.32 bits per heavy atom. The minimum atomic E-state index is -0.217. The predicted octanol–water partition coefficient (Wildman–Crippen LogP) is 1.96. The zero-order valence-corrected chi connectivity index (χ0v) is 11.5. The zero-order chi connectivity index (χ0) is 14.0. The van der Waals surface area contributed by atoms with Crippen molar-refractivity contribution in [1.29, 1.82) is 0 Å². The van der Waals surface area contributed by atoms with E-state index >= 15 is 0 Å². The van der Waals surface area contributed by atoms with Gasteiger partial charge in [0.2, 0.25) is 0 Å². The fourth-order valence-electron chi connectivity index (χ4n) is 2.34. The van der Waals surface area contributed by atoms with Gasteiger partial charge in [-0.05, 0) is 24.6 Å². The van der Waals surface area contributed by atoms with Crippen LogP contribution in [0.25, 0.3) is 0 Å². The number of hydrogen-bond acceptors (Lipinski definition) is 3. The molecule has 0 aliphatic carbocycles. The topological polar surface area (TPSA) is 47.1 Å². The number of halogens is 1. The van der Waals surface area contributed by atoms with Gasteiger partial charge in [0.25, 0.3) is 0 Å². The number of aromatic nitrogens is 2. The second kappa shape index (κ2) is 5.40. The highest BCUT2D eigenvalue weighted by molar-refractivity contribution is 5.50. The molecule has 2 aromatic rings. The summed E-state index contributed by atoms with van der Waals surface area (Å²) in [5.74, 6) is 0.787. The normalized spacial score (nSPS) is 10.8. The average molecular weight is 262 g/mol. The summed E-state index contributed by atoms with van der Waals surface area (Å²) in [4.78, 5) is 2.08. The quantitative estimate of drug-likeness (QED) is 0.916. The van der Waals surface area contributed by atoms with E-state index in [1.54, 1.807) is 12.1 Å². The van der Waals surface area contributed by atoms with Crippen molar-refractivity contribution in [3.63, 3.8) is 0 Å². The van der Waals surface area contributed by atoms with Gasteiger partial charge in [0.05, 0.1) is 5.69 Å². The predicted molar refractivity (Wildman–Crippen MR) is 74.3 cm³/mol. The summed E-state index contributed by atoms with van der Waals surface area (Å²) < 4.78 is 14.7. The maximum absolute atomic E-state index is 12.9. The van der Waals surface area contributed by atoms with E-state index in [0.29, 0.717) is 13.1 Å². The van der Waals surface area contributed by atoms with Crippen molar-refractivity contribution in [2.45, 2.75) is 20.0 Å². The van der Waals surface area contributed by atoms with Crippen LogP contribution in [0, 0.1) is 12.7 Å². The molecule has 0 aliphatic heterocycles. The van der Waals surface area contributed by atoms with Crippen molar-refractivity contribution in [2.75, 3.05) is 11.9 Å². The summed E-state index contributed by atoms with van der Waals surface area (Å²) >= 11 is 0. The summed E-state index contributed by atoms with van der Waals surface area (Å²) in [6.45, 7) is 3.10. The fraction of sp³-hybridized carbons (Fsp3) is 0.357. The van der Waals surface area contributed by atoms with Gasteiger partial charge < -0.3 is 10.6 Å². The summed E-state index contributed by atoms with van der Waals surface area (Å²) in [6.07, 6.45) is 0. The molecule has 2 rings (SSSR count). The van der Waals surface area contributed by atoms with Gasteiger partial charge >= 0.3 is 0 Å². The van der Waals surface area contributed by atoms with Crippen molar-refractivity contribution in [1.82, 2.24) is 9.78 Å². The van der Waals surface area contributed by atoms with Crippen LogP contribution in [-0.4, -0.2) is 16.8 Å². The second-order valence-corrected chi connectivity index (χ2v) is 4.70. The highest BCUT2D eigenvalue weighted by atomic mass is 19.1. The molecule has 0 radical (unpaired) electrons. The summed E-state index contributed by atoms with van der Waals surface area (Å²) in [7, 11) is 3.89. The van der Waals surface area contributed by atoms with E-state index in [0.717, 1.165) is 22.6 Å². The van der Waals surface area contributed by atoms with Crippen LogP contribution in [-0.2, 0) is 20.1 Å². The van der Waals surface area contributed by atoms with E-state index in [2.05, 4.69) is 10.00 Å². The molecular weight excluding hydrogens is 243 g/mol. The smallest absolute Gasteiger partial charge is 0.131 e. The molecule has 102 valence electrons. The van der Waals surface area contributed by atoms with Gasteiger partial charge in [-0.25, -0.2) is 4.39 Å². The largest absolute Gasteiger partial charge is 0.355 e. The average Bonchev–Trinajstić information content (AvgIpc) is 2.66. The van der Waals surface area contributed by atoms with Crippen LogP contribution < -0.4 is 10.6 Å². The molecule has 19 heavy (non-hydrogen) atoms. The molecule has 1 aromatic heterocycles. The van der Waals surface area contributed by atoms with Gasteiger partial charge in [-0.15, -0.1) is 0 Å². The SMILES string of the molecule is Cc1nn(C)c(N(C)Cc2ccc(F)cc2)c1CN. The molecule has 1 heterocycles. The molecule has 0 spiro atoms. The molecule has 0 amide bonds. The number of hydrogen-bond donors (Lipinski definition) is 1. The number of nitrogens with zero attached hydrogens (tertiary/aromatic N) is 3. The molecule has 0 aliphatic rings. The third kappa shape index (κ3) is 2.76. The van der Waals surface area contributed by atoms with Crippen LogP contribution in [0.15, 0.2) is 24.3 Å². The molecule has 2 N–H and O–H groups in total. The lowest BCUT2D eigenvalue weighted by molar-refractivity contribution is 0.626. The Morgan fingerprint density at radius 2 is 1.95 bits per heavy atom. The molecule has 4 nitrogen and oxygen atoms in total. The lowest BCUT2D eigenvalue weighted by Gasteiger charge is -2.21. The maximum Gasteiger partial charge on any atom is 0.131 e. The van der Waals surface area contributed by atoms with Crippen LogP contribution in [0.2, 0.25) is 0 Å². The molecule has 0 fully saturated rings. The van der Waals surface area contributed by atoms with Crippen molar-refractivity contribution in [2.24, 2.45) is 12.8 Å². The lowest BCUT2D eigenvalue weighted by Crippen LogP contribution is -2.21. The van der Waals surface area contributed by atoms with Crippen LogP contribution in [0.4, 0.5) is 10.2 Å². The molecular formula is C14H19FN4. The van der Waals surface area contributed by atoms with Gasteiger partial charge in [-0.1, -0.05) is 12.1 Å². The van der Waals surface area contributed by atoms with E-state index in [9.17, 15) is 4.39 Å². The van der Waals surface area contributed by atoms with Crippen molar-refractivity contribution < 1.29 is 4.39 Å². The van der Waals surface area contributed by atoms with Crippen molar-refractivity contribution >= 4 is 5.82 Å². The van der Waals surface area contributed by atoms with Crippen molar-refractivity contribution in [3.05, 3.63) is 46.9 Å². The van der Waals surface area contributed by atoms with E-state index in [4.69, 9.17) is 5.73 Å². The summed E-state index contributed by atoms with van der Waals surface area (Å²) in [5.41, 5.74) is 8.83. The number of anilines is 1. The molecule has 0 unspecified atom stereocenters. The first-order valence-electron chi connectivity index (χ1n) is 6.21. The monoisotopic (exact) mass is 262 g/mol. The third-order valence-electron chi connectivity index (χ3n) is 3.21. The molecule has 0 saturated heterocycles. The first-order chi connectivity index (χ1) is 9.02. The van der Waals surface area contributed by atoms with E-state index in [-0.39, 0.29) is 5.82 Å². The van der Waals surface area contributed by atoms with Gasteiger partial charge in [0, 0.05) is 32.7 Å². The highest BCUT2D eigenvalue weighted by Crippen LogP contribution is 2.23. The molecule has 0 bridgehead atoms. The van der Waals surface area contributed by atoms with E-state index in [1.807, 2.05) is 25.7 Å². The van der Waals surface area contributed by atoms with Gasteiger partial charge in [0.15, 0.2) is 0 Å². The van der Waals surface area contributed by atoms with Crippen LogP contribution in [0.3, 0.4) is 0 Å². The molecule has 0 atom stereocenters. The first-order valence-corrected chi connectivity index (χ1v) is 6.21. The van der Waals surface area contributed by atoms with Crippen molar-refractivity contribution in [3.8, 4) is 0 Å². The maximum atomic E-state index is 12.9. The molecule has 1 aromatic carbocycles. The standard InChI is InChI=1S/C14H19FN4/c1-10-13(8-16)14(19(3)17-10)18(2)9-11-4-6-12(15)7-5-11/h4-7H,8-9,16H2,1-3H3. The van der Waals surface area contributed by atoms with E-state index in [1.165, 1.54) is 12.1 Å². The minimum absolute atomic E-state index is 0.217. The Hall–Kier alpha value is -1.88. The van der Waals surface area contributed by atoms with Crippen LogP contribution >= 0.6 is 0 Å². The lowest BCUT2D eigenvalue weighted by atomic mass is 10.2. The number of benzene rings is 1. The Bertz CT molecular complexity index is 560. The summed E-state index contributed by atoms with van der Waals surface area (Å²) in [6, 6.07) is 6.53. The van der Waals surface area contributed by atoms with Crippen LogP contribution in [0.5, 0.6) is 0 Å². The highest BCUT2D eigenvalue weighted by Gasteiger charge is 2.15.